The lowest BCUT2D eigenvalue weighted by Crippen LogP contribution is -2.17. The SMILES string of the molecule is CCCCS(=O)(=O)Nc1ccc(F)c(C(=O)O)c1. The van der Waals surface area contributed by atoms with E-state index in [1.54, 1.807) is 0 Å². The Morgan fingerprint density at radius 3 is 2.67 bits per heavy atom. The zero-order valence-corrected chi connectivity index (χ0v) is 10.6. The summed E-state index contributed by atoms with van der Waals surface area (Å²) in [4.78, 5) is 10.7. The molecule has 0 aliphatic heterocycles. The van der Waals surface area contributed by atoms with Gasteiger partial charge in [0, 0.05) is 5.69 Å². The first-order valence-corrected chi connectivity index (χ1v) is 7.04. The van der Waals surface area contributed by atoms with Gasteiger partial charge < -0.3 is 5.11 Å². The van der Waals surface area contributed by atoms with E-state index in [9.17, 15) is 17.6 Å². The standard InChI is InChI=1S/C11H14FNO4S/c1-2-3-6-18(16,17)13-8-4-5-10(12)9(7-8)11(14)15/h4-5,7,13H,2-3,6H2,1H3,(H,14,15). The molecule has 0 radical (unpaired) electrons. The van der Waals surface area contributed by atoms with Gasteiger partial charge in [-0.3, -0.25) is 4.72 Å². The number of rotatable bonds is 6. The smallest absolute Gasteiger partial charge is 0.338 e. The summed E-state index contributed by atoms with van der Waals surface area (Å²) in [6.07, 6.45) is 1.23. The molecule has 0 aliphatic carbocycles. The van der Waals surface area contributed by atoms with Gasteiger partial charge >= 0.3 is 5.97 Å². The van der Waals surface area contributed by atoms with Gasteiger partial charge in [-0.1, -0.05) is 13.3 Å². The van der Waals surface area contributed by atoms with Crippen LogP contribution in [0.4, 0.5) is 10.1 Å². The molecule has 0 aromatic heterocycles. The lowest BCUT2D eigenvalue weighted by molar-refractivity contribution is 0.0692. The first kappa shape index (κ1) is 14.4. The van der Waals surface area contributed by atoms with E-state index in [4.69, 9.17) is 5.11 Å². The van der Waals surface area contributed by atoms with Crippen LogP contribution in [0.15, 0.2) is 18.2 Å². The number of sulfonamides is 1. The highest BCUT2D eigenvalue weighted by molar-refractivity contribution is 7.92. The number of unbranched alkanes of at least 4 members (excludes halogenated alkanes) is 1. The second kappa shape index (κ2) is 5.81. The number of aromatic carboxylic acids is 1. The van der Waals surface area contributed by atoms with Crippen LogP contribution in [0.3, 0.4) is 0 Å². The first-order valence-electron chi connectivity index (χ1n) is 5.39. The Kier molecular flexibility index (Phi) is 4.66. The van der Waals surface area contributed by atoms with Crippen molar-refractivity contribution in [2.75, 3.05) is 10.5 Å². The normalized spacial score (nSPS) is 11.2. The molecule has 0 unspecified atom stereocenters. The molecule has 100 valence electrons. The molecule has 0 amide bonds. The zero-order valence-electron chi connectivity index (χ0n) is 9.81. The van der Waals surface area contributed by atoms with E-state index in [-0.39, 0.29) is 11.4 Å². The summed E-state index contributed by atoms with van der Waals surface area (Å²) in [5.41, 5.74) is -0.518. The Hall–Kier alpha value is -1.63. The molecule has 0 spiro atoms. The van der Waals surface area contributed by atoms with E-state index < -0.39 is 27.4 Å². The molecule has 1 rings (SSSR count). The molecular formula is C11H14FNO4S. The van der Waals surface area contributed by atoms with Crippen LogP contribution >= 0.6 is 0 Å². The van der Waals surface area contributed by atoms with Crippen LogP contribution in [0.1, 0.15) is 30.1 Å². The molecule has 0 bridgehead atoms. The molecule has 1 aromatic rings. The third-order valence-electron chi connectivity index (χ3n) is 2.24. The number of carboxylic acids is 1. The largest absolute Gasteiger partial charge is 0.478 e. The van der Waals surface area contributed by atoms with E-state index >= 15 is 0 Å². The highest BCUT2D eigenvalue weighted by Gasteiger charge is 2.14. The van der Waals surface area contributed by atoms with Gasteiger partial charge in [-0.2, -0.15) is 0 Å². The fraction of sp³-hybridized carbons (Fsp3) is 0.364. The lowest BCUT2D eigenvalue weighted by atomic mass is 10.2. The van der Waals surface area contributed by atoms with Crippen LogP contribution in [0.25, 0.3) is 0 Å². The molecule has 2 N–H and O–H groups in total. The molecule has 0 saturated heterocycles. The molecule has 0 aliphatic rings. The predicted molar refractivity (Wildman–Crippen MR) is 65.7 cm³/mol. The minimum Gasteiger partial charge on any atom is -0.478 e. The van der Waals surface area contributed by atoms with Crippen molar-refractivity contribution >= 4 is 21.7 Å². The number of hydrogen-bond acceptors (Lipinski definition) is 3. The minimum atomic E-state index is -3.52. The predicted octanol–water partition coefficient (Wildman–Crippen LogP) is 2.07. The van der Waals surface area contributed by atoms with Crippen LogP contribution in [0.2, 0.25) is 0 Å². The quantitative estimate of drug-likeness (QED) is 0.832. The van der Waals surface area contributed by atoms with Crippen molar-refractivity contribution in [2.45, 2.75) is 19.8 Å². The molecule has 0 fully saturated rings. The Labute approximate surface area is 105 Å². The summed E-state index contributed by atoms with van der Waals surface area (Å²) < 4.78 is 38.5. The number of hydrogen-bond donors (Lipinski definition) is 2. The number of carbonyl (C=O) groups is 1. The highest BCUT2D eigenvalue weighted by Crippen LogP contribution is 2.16. The molecule has 5 nitrogen and oxygen atoms in total. The van der Waals surface area contributed by atoms with Crippen molar-refractivity contribution < 1.29 is 22.7 Å². The molecule has 0 atom stereocenters. The van der Waals surface area contributed by atoms with E-state index in [0.29, 0.717) is 6.42 Å². The maximum absolute atomic E-state index is 13.1. The molecule has 18 heavy (non-hydrogen) atoms. The van der Waals surface area contributed by atoms with Crippen molar-refractivity contribution in [1.82, 2.24) is 0 Å². The van der Waals surface area contributed by atoms with Crippen molar-refractivity contribution in [3.63, 3.8) is 0 Å². The highest BCUT2D eigenvalue weighted by atomic mass is 32.2. The third kappa shape index (κ3) is 3.99. The number of anilines is 1. The second-order valence-corrected chi connectivity index (χ2v) is 5.62. The van der Waals surface area contributed by atoms with Gasteiger partial charge in [0.15, 0.2) is 0 Å². The zero-order chi connectivity index (χ0) is 13.8. The summed E-state index contributed by atoms with van der Waals surface area (Å²) in [5.74, 6) is -2.40. The maximum Gasteiger partial charge on any atom is 0.338 e. The van der Waals surface area contributed by atoms with Gasteiger partial charge in [0.1, 0.15) is 5.82 Å². The van der Waals surface area contributed by atoms with Gasteiger partial charge in [-0.25, -0.2) is 17.6 Å². The van der Waals surface area contributed by atoms with Crippen LogP contribution in [-0.4, -0.2) is 25.2 Å². The van der Waals surface area contributed by atoms with Gasteiger partial charge in [0.2, 0.25) is 10.0 Å². The van der Waals surface area contributed by atoms with Crippen LogP contribution < -0.4 is 4.72 Å². The van der Waals surface area contributed by atoms with E-state index in [1.165, 1.54) is 6.07 Å². The third-order valence-corrected chi connectivity index (χ3v) is 3.61. The molecule has 7 heteroatoms. The van der Waals surface area contributed by atoms with Crippen LogP contribution in [-0.2, 0) is 10.0 Å². The summed E-state index contributed by atoms with van der Waals surface area (Å²) in [5, 5.41) is 8.71. The first-order chi connectivity index (χ1) is 8.35. The molecular weight excluding hydrogens is 261 g/mol. The van der Waals surface area contributed by atoms with E-state index in [2.05, 4.69) is 4.72 Å². The molecule has 0 saturated carbocycles. The second-order valence-electron chi connectivity index (χ2n) is 3.77. The fourth-order valence-corrected chi connectivity index (χ4v) is 2.57. The topological polar surface area (TPSA) is 83.5 Å². The van der Waals surface area contributed by atoms with Gasteiger partial charge in [-0.05, 0) is 24.6 Å². The van der Waals surface area contributed by atoms with Gasteiger partial charge in [0.05, 0.1) is 11.3 Å². The summed E-state index contributed by atoms with van der Waals surface area (Å²) in [6.45, 7) is 1.86. The summed E-state index contributed by atoms with van der Waals surface area (Å²) in [6, 6.07) is 3.06. The number of carboxylic acid groups (broad SMARTS) is 1. The van der Waals surface area contributed by atoms with Crippen molar-refractivity contribution in [3.05, 3.63) is 29.6 Å². The van der Waals surface area contributed by atoms with Crippen LogP contribution in [0, 0.1) is 5.82 Å². The molecule has 0 heterocycles. The molecule has 1 aromatic carbocycles. The Morgan fingerprint density at radius 1 is 1.44 bits per heavy atom. The number of halogens is 1. The minimum absolute atomic E-state index is 0.0462. The van der Waals surface area contributed by atoms with E-state index in [1.807, 2.05) is 6.92 Å². The average Bonchev–Trinajstić information content (AvgIpc) is 2.28. The van der Waals surface area contributed by atoms with Crippen molar-refractivity contribution in [3.8, 4) is 0 Å². The monoisotopic (exact) mass is 275 g/mol. The Morgan fingerprint density at radius 2 is 2.11 bits per heavy atom. The number of nitrogens with one attached hydrogen (secondary N) is 1. The Balaban J connectivity index is 2.92. The summed E-state index contributed by atoms with van der Waals surface area (Å²) in [7, 11) is -3.52. The average molecular weight is 275 g/mol. The van der Waals surface area contributed by atoms with Crippen molar-refractivity contribution in [1.29, 1.82) is 0 Å². The van der Waals surface area contributed by atoms with Crippen molar-refractivity contribution in [2.24, 2.45) is 0 Å². The van der Waals surface area contributed by atoms with E-state index in [0.717, 1.165) is 18.6 Å². The van der Waals surface area contributed by atoms with Gasteiger partial charge in [0.25, 0.3) is 0 Å². The Bertz CT molecular complexity index is 542. The fourth-order valence-electron chi connectivity index (χ4n) is 1.32. The van der Waals surface area contributed by atoms with Crippen LogP contribution in [0.5, 0.6) is 0 Å². The van der Waals surface area contributed by atoms with Gasteiger partial charge in [-0.15, -0.1) is 0 Å². The summed E-state index contributed by atoms with van der Waals surface area (Å²) >= 11 is 0. The maximum atomic E-state index is 13.1. The lowest BCUT2D eigenvalue weighted by Gasteiger charge is -2.08. The number of benzene rings is 1.